The number of benzene rings is 1. The number of rotatable bonds is 2. The zero-order chi connectivity index (χ0) is 11.2. The fourth-order valence-electron chi connectivity index (χ4n) is 3.10. The van der Waals surface area contributed by atoms with Gasteiger partial charge in [0.05, 0.1) is 6.04 Å². The molecule has 2 unspecified atom stereocenters. The molecule has 0 amide bonds. The summed E-state index contributed by atoms with van der Waals surface area (Å²) in [4.78, 5) is 1.95. The molecule has 16 heavy (non-hydrogen) atoms. The van der Waals surface area contributed by atoms with Crippen LogP contribution in [0.25, 0.3) is 0 Å². The molecule has 3 rings (SSSR count). The van der Waals surface area contributed by atoms with Crippen LogP contribution in [-0.2, 0) is 6.54 Å². The molecular weight excluding hydrogens is 208 g/mol. The van der Waals surface area contributed by atoms with Gasteiger partial charge in [0.2, 0.25) is 0 Å². The molecule has 0 radical (unpaired) electrons. The first kappa shape index (κ1) is 10.2. The Bertz CT molecular complexity index is 377. The van der Waals surface area contributed by atoms with Crippen molar-refractivity contribution < 1.29 is 8.78 Å². The summed E-state index contributed by atoms with van der Waals surface area (Å²) in [6.07, 6.45) is 0.781. The minimum Gasteiger partial charge on any atom is -0.290 e. The Labute approximate surface area is 94.1 Å². The number of hydrogen-bond donors (Lipinski definition) is 0. The van der Waals surface area contributed by atoms with Gasteiger partial charge in [0.15, 0.2) is 0 Å². The van der Waals surface area contributed by atoms with E-state index in [1.54, 1.807) is 0 Å². The van der Waals surface area contributed by atoms with E-state index in [9.17, 15) is 8.78 Å². The van der Waals surface area contributed by atoms with E-state index in [-0.39, 0.29) is 12.3 Å². The number of nitrogens with zero attached hydrogens (tertiary/aromatic N) is 1. The SMILES string of the molecule is FC1(F)CC2CC1N(Cc1ccccc1)C2. The molecule has 0 N–H and O–H groups in total. The van der Waals surface area contributed by atoms with Crippen LogP contribution in [0.4, 0.5) is 8.78 Å². The van der Waals surface area contributed by atoms with Crippen LogP contribution in [0.15, 0.2) is 30.3 Å². The number of halogens is 2. The van der Waals surface area contributed by atoms with Gasteiger partial charge in [0.1, 0.15) is 0 Å². The van der Waals surface area contributed by atoms with Crippen LogP contribution in [0, 0.1) is 5.92 Å². The van der Waals surface area contributed by atoms with Gasteiger partial charge in [0.25, 0.3) is 5.92 Å². The maximum Gasteiger partial charge on any atom is 0.263 e. The lowest BCUT2D eigenvalue weighted by Gasteiger charge is -2.32. The second-order valence-electron chi connectivity index (χ2n) is 5.00. The first-order chi connectivity index (χ1) is 7.65. The Balaban J connectivity index is 1.74. The molecule has 2 fully saturated rings. The largest absolute Gasteiger partial charge is 0.290 e. The average Bonchev–Trinajstić information content (AvgIpc) is 2.74. The van der Waals surface area contributed by atoms with Gasteiger partial charge in [-0.05, 0) is 17.9 Å². The molecule has 0 spiro atoms. The van der Waals surface area contributed by atoms with Crippen molar-refractivity contribution in [3.8, 4) is 0 Å². The van der Waals surface area contributed by atoms with Crippen molar-refractivity contribution in [3.05, 3.63) is 35.9 Å². The average molecular weight is 223 g/mol. The molecule has 2 atom stereocenters. The predicted molar refractivity (Wildman–Crippen MR) is 58.3 cm³/mol. The van der Waals surface area contributed by atoms with Crippen molar-refractivity contribution in [2.75, 3.05) is 6.54 Å². The van der Waals surface area contributed by atoms with Gasteiger partial charge in [-0.2, -0.15) is 0 Å². The van der Waals surface area contributed by atoms with Gasteiger partial charge >= 0.3 is 0 Å². The number of hydrogen-bond acceptors (Lipinski definition) is 1. The summed E-state index contributed by atoms with van der Waals surface area (Å²) in [5, 5.41) is 0. The van der Waals surface area contributed by atoms with E-state index < -0.39 is 12.0 Å². The molecule has 2 aliphatic rings. The first-order valence-electron chi connectivity index (χ1n) is 5.81. The number of fused-ring (bicyclic) bond motifs is 2. The topological polar surface area (TPSA) is 3.24 Å². The third kappa shape index (κ3) is 1.63. The van der Waals surface area contributed by atoms with E-state index in [4.69, 9.17) is 0 Å². The third-order valence-corrected chi connectivity index (χ3v) is 3.77. The zero-order valence-electron chi connectivity index (χ0n) is 9.07. The molecule has 1 aliphatic carbocycles. The Morgan fingerprint density at radius 1 is 1.25 bits per heavy atom. The number of piperidine rings is 1. The van der Waals surface area contributed by atoms with E-state index in [0.717, 1.165) is 12.1 Å². The van der Waals surface area contributed by atoms with Crippen molar-refractivity contribution in [2.24, 2.45) is 5.92 Å². The van der Waals surface area contributed by atoms with Gasteiger partial charge in [-0.25, -0.2) is 8.78 Å². The fourth-order valence-corrected chi connectivity index (χ4v) is 3.10. The highest BCUT2D eigenvalue weighted by Crippen LogP contribution is 2.48. The molecule has 1 saturated carbocycles. The Kier molecular flexibility index (Phi) is 2.25. The van der Waals surface area contributed by atoms with Crippen LogP contribution in [0.5, 0.6) is 0 Å². The summed E-state index contributed by atoms with van der Waals surface area (Å²) in [5.74, 6) is -2.25. The lowest BCUT2D eigenvalue weighted by Crippen LogP contribution is -2.44. The van der Waals surface area contributed by atoms with Crippen molar-refractivity contribution in [2.45, 2.75) is 31.4 Å². The van der Waals surface area contributed by atoms with E-state index in [1.807, 2.05) is 35.2 Å². The summed E-state index contributed by atoms with van der Waals surface area (Å²) in [5.41, 5.74) is 1.13. The van der Waals surface area contributed by atoms with Crippen LogP contribution in [0.1, 0.15) is 18.4 Å². The minimum atomic E-state index is -2.46. The van der Waals surface area contributed by atoms with Crippen LogP contribution in [0.2, 0.25) is 0 Å². The fraction of sp³-hybridized carbons (Fsp3) is 0.538. The van der Waals surface area contributed by atoms with Crippen molar-refractivity contribution in [3.63, 3.8) is 0 Å². The molecule has 1 aromatic rings. The highest BCUT2D eigenvalue weighted by Gasteiger charge is 2.56. The van der Waals surface area contributed by atoms with E-state index in [1.165, 1.54) is 0 Å². The second-order valence-corrected chi connectivity index (χ2v) is 5.00. The molecule has 1 heterocycles. The molecule has 1 nitrogen and oxygen atoms in total. The molecule has 0 aromatic heterocycles. The summed E-state index contributed by atoms with van der Waals surface area (Å²) in [7, 11) is 0. The molecule has 1 aliphatic heterocycles. The van der Waals surface area contributed by atoms with E-state index in [0.29, 0.717) is 13.0 Å². The number of likely N-dealkylation sites (tertiary alicyclic amines) is 1. The normalized spacial score (nSPS) is 32.1. The highest BCUT2D eigenvalue weighted by atomic mass is 19.3. The molecule has 2 bridgehead atoms. The lowest BCUT2D eigenvalue weighted by atomic mass is 10.1. The maximum absolute atomic E-state index is 13.6. The second kappa shape index (κ2) is 3.52. The molecule has 3 heteroatoms. The van der Waals surface area contributed by atoms with Crippen molar-refractivity contribution in [1.29, 1.82) is 0 Å². The van der Waals surface area contributed by atoms with Gasteiger partial charge < -0.3 is 0 Å². The molecular formula is C13H15F2N. The van der Waals surface area contributed by atoms with Gasteiger partial charge in [-0.1, -0.05) is 30.3 Å². The van der Waals surface area contributed by atoms with Crippen molar-refractivity contribution >= 4 is 0 Å². The van der Waals surface area contributed by atoms with E-state index in [2.05, 4.69) is 0 Å². The number of alkyl halides is 2. The highest BCUT2D eigenvalue weighted by molar-refractivity contribution is 5.16. The monoisotopic (exact) mass is 223 g/mol. The minimum absolute atomic E-state index is 0.100. The first-order valence-corrected chi connectivity index (χ1v) is 5.81. The summed E-state index contributed by atoms with van der Waals surface area (Å²) in [6, 6.07) is 9.37. The third-order valence-electron chi connectivity index (χ3n) is 3.77. The van der Waals surface area contributed by atoms with E-state index >= 15 is 0 Å². The summed E-state index contributed by atoms with van der Waals surface area (Å²) in [6.45, 7) is 1.51. The molecule has 1 aromatic carbocycles. The van der Waals surface area contributed by atoms with Crippen LogP contribution in [0.3, 0.4) is 0 Å². The van der Waals surface area contributed by atoms with Gasteiger partial charge in [0, 0.05) is 19.5 Å². The summed E-state index contributed by atoms with van der Waals surface area (Å²) >= 11 is 0. The standard InChI is InChI=1S/C13H15F2N/c14-13(15)7-11-6-12(13)16(9-11)8-10-4-2-1-3-5-10/h1-5,11-12H,6-9H2. The predicted octanol–water partition coefficient (Wildman–Crippen LogP) is 2.92. The summed E-state index contributed by atoms with van der Waals surface area (Å²) < 4.78 is 27.1. The van der Waals surface area contributed by atoms with Crippen LogP contribution in [-0.4, -0.2) is 23.4 Å². The Hall–Kier alpha value is -0.960. The quantitative estimate of drug-likeness (QED) is 0.745. The smallest absolute Gasteiger partial charge is 0.263 e. The van der Waals surface area contributed by atoms with Gasteiger partial charge in [-0.3, -0.25) is 4.90 Å². The Morgan fingerprint density at radius 3 is 2.62 bits per heavy atom. The van der Waals surface area contributed by atoms with Gasteiger partial charge in [-0.15, -0.1) is 0 Å². The maximum atomic E-state index is 13.6. The zero-order valence-corrected chi connectivity index (χ0v) is 9.07. The van der Waals surface area contributed by atoms with Crippen LogP contribution < -0.4 is 0 Å². The Morgan fingerprint density at radius 2 is 2.00 bits per heavy atom. The molecule has 1 saturated heterocycles. The van der Waals surface area contributed by atoms with Crippen molar-refractivity contribution in [1.82, 2.24) is 4.90 Å². The van der Waals surface area contributed by atoms with Crippen LogP contribution >= 0.6 is 0 Å². The molecule has 86 valence electrons. The lowest BCUT2D eigenvalue weighted by molar-refractivity contribution is -0.0792.